The fourth-order valence-electron chi connectivity index (χ4n) is 5.00. The molecule has 2 aliphatic heterocycles. The molecule has 6 heteroatoms. The zero-order valence-corrected chi connectivity index (χ0v) is 16.7. The molecule has 1 aliphatic carbocycles. The first kappa shape index (κ1) is 18.8. The van der Waals surface area contributed by atoms with Crippen LogP contribution in [0.25, 0.3) is 11.1 Å². The van der Waals surface area contributed by atoms with Crippen LogP contribution < -0.4 is 16.0 Å². The van der Waals surface area contributed by atoms with Gasteiger partial charge in [-0.15, -0.1) is 0 Å². The molecular weight excluding hydrogens is 376 g/mol. The van der Waals surface area contributed by atoms with Crippen LogP contribution in [-0.2, 0) is 17.8 Å². The lowest BCUT2D eigenvalue weighted by molar-refractivity contribution is -0.124. The summed E-state index contributed by atoms with van der Waals surface area (Å²) >= 11 is 0. The summed E-state index contributed by atoms with van der Waals surface area (Å²) in [6.45, 7) is 0.590. The molecule has 2 fully saturated rings. The predicted molar refractivity (Wildman–Crippen MR) is 112 cm³/mol. The van der Waals surface area contributed by atoms with Crippen LogP contribution in [0.4, 0.5) is 0 Å². The van der Waals surface area contributed by atoms with Gasteiger partial charge in [-0.05, 0) is 53.5 Å². The van der Waals surface area contributed by atoms with Crippen molar-refractivity contribution in [1.29, 1.82) is 5.26 Å². The highest BCUT2D eigenvalue weighted by atomic mass is 16.2. The number of carbonyl (C=O) groups excluding carboxylic acids is 2. The molecule has 30 heavy (non-hydrogen) atoms. The van der Waals surface area contributed by atoms with Crippen molar-refractivity contribution in [1.82, 2.24) is 16.0 Å². The number of benzene rings is 2. The third kappa shape index (κ3) is 3.46. The predicted octanol–water partition coefficient (Wildman–Crippen LogP) is 2.29. The number of hydrogen-bond acceptors (Lipinski definition) is 4. The summed E-state index contributed by atoms with van der Waals surface area (Å²) in [5, 5.41) is 18.7. The van der Waals surface area contributed by atoms with Crippen molar-refractivity contribution >= 4 is 11.8 Å². The van der Waals surface area contributed by atoms with Crippen molar-refractivity contribution in [3.05, 3.63) is 59.2 Å². The maximum atomic E-state index is 12.6. The zero-order valence-electron chi connectivity index (χ0n) is 16.7. The van der Waals surface area contributed by atoms with Crippen LogP contribution in [0.2, 0.25) is 0 Å². The van der Waals surface area contributed by atoms with Crippen molar-refractivity contribution in [3.63, 3.8) is 0 Å². The van der Waals surface area contributed by atoms with Crippen molar-refractivity contribution in [2.24, 2.45) is 5.92 Å². The van der Waals surface area contributed by atoms with E-state index in [1.165, 1.54) is 0 Å². The summed E-state index contributed by atoms with van der Waals surface area (Å²) in [5.41, 5.74) is 4.76. The number of nitriles is 1. The largest absolute Gasteiger partial charge is 0.348 e. The molecule has 6 nitrogen and oxygen atoms in total. The summed E-state index contributed by atoms with van der Waals surface area (Å²) < 4.78 is 0. The van der Waals surface area contributed by atoms with Gasteiger partial charge in [0, 0.05) is 24.6 Å². The van der Waals surface area contributed by atoms with Crippen LogP contribution in [0.1, 0.15) is 40.7 Å². The second kappa shape index (κ2) is 7.58. The van der Waals surface area contributed by atoms with Gasteiger partial charge < -0.3 is 16.0 Å². The number of hydrogen-bond donors (Lipinski definition) is 3. The molecule has 2 heterocycles. The molecule has 3 aliphatic rings. The Balaban J connectivity index is 1.24. The van der Waals surface area contributed by atoms with Crippen molar-refractivity contribution in [2.75, 3.05) is 0 Å². The number of fused-ring (bicyclic) bond motifs is 3. The lowest BCUT2D eigenvalue weighted by Crippen LogP contribution is -2.50. The summed E-state index contributed by atoms with van der Waals surface area (Å²) in [5.74, 6) is 0.325. The third-order valence-corrected chi connectivity index (χ3v) is 6.64. The molecule has 5 rings (SSSR count). The van der Waals surface area contributed by atoms with Crippen molar-refractivity contribution in [3.8, 4) is 17.2 Å². The van der Waals surface area contributed by atoms with Gasteiger partial charge in [0.15, 0.2) is 0 Å². The minimum absolute atomic E-state index is 0.0268. The normalized spacial score (nSPS) is 24.8. The SMILES string of the molecule is N#C[C@H](Cc1ccc(-c2ccc3c(c2)C(=O)NC3)cc1)NC(=O)[C@H]1N[C@@H]2CC[C@H]1C2. The topological polar surface area (TPSA) is 94.0 Å². The number of nitrogens with one attached hydrogen (secondary N) is 3. The number of nitrogens with zero attached hydrogens (tertiary/aromatic N) is 1. The van der Waals surface area contributed by atoms with Crippen LogP contribution in [0.3, 0.4) is 0 Å². The Bertz CT molecular complexity index is 1040. The van der Waals surface area contributed by atoms with E-state index < -0.39 is 6.04 Å². The van der Waals surface area contributed by atoms with Crippen LogP contribution in [0.5, 0.6) is 0 Å². The Hall–Kier alpha value is -3.17. The second-order valence-electron chi connectivity index (χ2n) is 8.56. The van der Waals surface area contributed by atoms with Gasteiger partial charge in [0.2, 0.25) is 5.91 Å². The molecule has 3 N–H and O–H groups in total. The molecule has 1 saturated heterocycles. The first-order valence-corrected chi connectivity index (χ1v) is 10.6. The number of carbonyl (C=O) groups is 2. The lowest BCUT2D eigenvalue weighted by atomic mass is 9.97. The van der Waals surface area contributed by atoms with E-state index in [0.717, 1.165) is 47.1 Å². The fourth-order valence-corrected chi connectivity index (χ4v) is 5.00. The van der Waals surface area contributed by atoms with E-state index in [4.69, 9.17) is 0 Å². The van der Waals surface area contributed by atoms with Gasteiger partial charge in [0.25, 0.3) is 5.91 Å². The highest BCUT2D eigenvalue weighted by Gasteiger charge is 2.43. The van der Waals surface area contributed by atoms with Crippen LogP contribution in [0.15, 0.2) is 42.5 Å². The van der Waals surface area contributed by atoms with Gasteiger partial charge in [0.05, 0.1) is 12.1 Å². The zero-order chi connectivity index (χ0) is 20.7. The van der Waals surface area contributed by atoms with E-state index in [9.17, 15) is 14.9 Å². The minimum atomic E-state index is -0.548. The molecule has 0 radical (unpaired) electrons. The van der Waals surface area contributed by atoms with E-state index >= 15 is 0 Å². The number of amides is 2. The molecule has 4 atom stereocenters. The van der Waals surface area contributed by atoms with Crippen molar-refractivity contribution in [2.45, 2.75) is 50.4 Å². The molecule has 0 spiro atoms. The first-order valence-electron chi connectivity index (χ1n) is 10.6. The molecule has 2 aromatic rings. The number of piperidine rings is 1. The van der Waals surface area contributed by atoms with E-state index in [-0.39, 0.29) is 17.9 Å². The average molecular weight is 400 g/mol. The van der Waals surface area contributed by atoms with Gasteiger partial charge in [0.1, 0.15) is 6.04 Å². The van der Waals surface area contributed by atoms with E-state index in [1.807, 2.05) is 42.5 Å². The molecule has 2 aromatic carbocycles. The van der Waals surface area contributed by atoms with Gasteiger partial charge in [-0.2, -0.15) is 5.26 Å². The molecule has 0 aromatic heterocycles. The lowest BCUT2D eigenvalue weighted by Gasteiger charge is -2.23. The highest BCUT2D eigenvalue weighted by molar-refractivity contribution is 5.99. The molecule has 2 amide bonds. The minimum Gasteiger partial charge on any atom is -0.348 e. The maximum Gasteiger partial charge on any atom is 0.251 e. The average Bonchev–Trinajstić information content (AvgIpc) is 3.50. The standard InChI is InChI=1S/C24H24N4O2/c25-12-20(28-24(30)22-17-7-8-19(10-17)27-22)9-14-1-3-15(4-2-14)16-5-6-18-13-26-23(29)21(18)11-16/h1-6,11,17,19-20,22,27H,7-10,13H2,(H,26,29)(H,28,30)/t17-,19+,20-,22-/m0/s1. The van der Waals surface area contributed by atoms with Crippen LogP contribution in [0, 0.1) is 17.2 Å². The van der Waals surface area contributed by atoms with Gasteiger partial charge in [-0.1, -0.05) is 36.4 Å². The van der Waals surface area contributed by atoms with Gasteiger partial charge >= 0.3 is 0 Å². The third-order valence-electron chi connectivity index (χ3n) is 6.64. The molecule has 0 unspecified atom stereocenters. The Morgan fingerprint density at radius 2 is 1.97 bits per heavy atom. The monoisotopic (exact) mass is 400 g/mol. The Labute approximate surface area is 175 Å². The summed E-state index contributed by atoms with van der Waals surface area (Å²) in [6, 6.07) is 15.9. The maximum absolute atomic E-state index is 12.6. The summed E-state index contributed by atoms with van der Waals surface area (Å²) in [7, 11) is 0. The Kier molecular flexibility index (Phi) is 4.76. The van der Waals surface area contributed by atoms with E-state index in [1.54, 1.807) is 0 Å². The van der Waals surface area contributed by atoms with Crippen LogP contribution in [-0.4, -0.2) is 29.9 Å². The summed E-state index contributed by atoms with van der Waals surface area (Å²) in [4.78, 5) is 24.5. The highest BCUT2D eigenvalue weighted by Crippen LogP contribution is 2.35. The van der Waals surface area contributed by atoms with Crippen LogP contribution >= 0.6 is 0 Å². The Morgan fingerprint density at radius 3 is 2.67 bits per heavy atom. The molecule has 1 saturated carbocycles. The molecular formula is C24H24N4O2. The van der Waals surface area contributed by atoms with Crippen molar-refractivity contribution < 1.29 is 9.59 Å². The van der Waals surface area contributed by atoms with E-state index in [2.05, 4.69) is 22.0 Å². The Morgan fingerprint density at radius 1 is 1.17 bits per heavy atom. The quantitative estimate of drug-likeness (QED) is 0.718. The van der Waals surface area contributed by atoms with Gasteiger partial charge in [-0.3, -0.25) is 9.59 Å². The first-order chi connectivity index (χ1) is 14.6. The van der Waals surface area contributed by atoms with E-state index in [0.29, 0.717) is 24.9 Å². The van der Waals surface area contributed by atoms with Gasteiger partial charge in [-0.25, -0.2) is 0 Å². The molecule has 2 bridgehead atoms. The smallest absolute Gasteiger partial charge is 0.251 e. The second-order valence-corrected chi connectivity index (χ2v) is 8.56. The summed E-state index contributed by atoms with van der Waals surface area (Å²) in [6.07, 6.45) is 3.78. The molecule has 152 valence electrons. The fraction of sp³-hybridized carbons (Fsp3) is 0.375. The number of rotatable bonds is 5.